The number of halogens is 2. The first kappa shape index (κ1) is 19.7. The first-order valence-electron chi connectivity index (χ1n) is 6.36. The molecule has 0 aliphatic heterocycles. The molecule has 2 atom stereocenters. The van der Waals surface area contributed by atoms with E-state index >= 15 is 0 Å². The molecule has 1 aromatic rings. The van der Waals surface area contributed by atoms with Crippen LogP contribution in [0.15, 0.2) is 66.2 Å². The average molecular weight is 372 g/mol. The van der Waals surface area contributed by atoms with Crippen molar-refractivity contribution in [2.24, 2.45) is 0 Å². The summed E-state index contributed by atoms with van der Waals surface area (Å²) in [4.78, 5) is 8.95. The number of methoxy groups -OCH3 is 1. The number of carbonyl (C=O) groups is 1. The maximum Gasteiger partial charge on any atom is 0.292 e. The summed E-state index contributed by atoms with van der Waals surface area (Å²) in [7, 11) is 1.31. The maximum absolute atomic E-state index is 8.95. The van der Waals surface area contributed by atoms with Crippen molar-refractivity contribution in [3.8, 4) is 0 Å². The Kier molecular flexibility index (Phi) is 11.6. The van der Waals surface area contributed by atoms with Gasteiger partial charge in [-0.25, -0.2) is 0 Å². The second kappa shape index (κ2) is 12.4. The summed E-state index contributed by atoms with van der Waals surface area (Å²) in [5, 5.41) is 0.385. The lowest BCUT2D eigenvalue weighted by Crippen LogP contribution is -1.79. The molecule has 0 heterocycles. The van der Waals surface area contributed by atoms with Crippen molar-refractivity contribution < 1.29 is 9.53 Å². The van der Waals surface area contributed by atoms with Gasteiger partial charge in [-0.15, -0.1) is 11.6 Å². The van der Waals surface area contributed by atoms with Crippen LogP contribution in [-0.4, -0.2) is 19.0 Å². The minimum absolute atomic E-state index is 0.375. The summed E-state index contributed by atoms with van der Waals surface area (Å²) in [6.45, 7) is 7.30. The Morgan fingerprint density at radius 3 is 1.95 bits per heavy atom. The van der Waals surface area contributed by atoms with E-state index in [0.717, 1.165) is 10.9 Å². The van der Waals surface area contributed by atoms with E-state index in [1.54, 1.807) is 12.2 Å². The fourth-order valence-electron chi connectivity index (χ4n) is 1.38. The Hall–Kier alpha value is -1.32. The Balaban J connectivity index is 0.000000342. The normalized spacial score (nSPS) is 18.4. The van der Waals surface area contributed by atoms with E-state index in [4.69, 9.17) is 16.4 Å². The van der Waals surface area contributed by atoms with Gasteiger partial charge in [0.1, 0.15) is 0 Å². The largest absolute Gasteiger partial charge is 0.471 e. The number of allylic oxidation sites excluding steroid dienone is 4. The Morgan fingerprint density at radius 2 is 1.67 bits per heavy atom. The molecule has 114 valence electrons. The number of alkyl halides is 1. The fourth-order valence-corrected chi connectivity index (χ4v) is 1.98. The number of benzene rings is 1. The highest BCUT2D eigenvalue weighted by atomic mass is 79.9. The van der Waals surface area contributed by atoms with E-state index in [1.807, 2.05) is 12.2 Å². The SMILES string of the molecule is C=C/C=C\C=C.COC=O.ClC1CC1c1ccc(Br)cc1. The van der Waals surface area contributed by atoms with Crippen molar-refractivity contribution in [1.82, 2.24) is 0 Å². The molecule has 1 aliphatic rings. The van der Waals surface area contributed by atoms with Crippen molar-refractivity contribution in [3.63, 3.8) is 0 Å². The Labute approximate surface area is 140 Å². The van der Waals surface area contributed by atoms with Crippen LogP contribution in [0.3, 0.4) is 0 Å². The lowest BCUT2D eigenvalue weighted by molar-refractivity contribution is -0.126. The first-order valence-corrected chi connectivity index (χ1v) is 7.59. The summed E-state index contributed by atoms with van der Waals surface area (Å²) in [6.07, 6.45) is 8.21. The van der Waals surface area contributed by atoms with Crippen molar-refractivity contribution in [1.29, 1.82) is 0 Å². The van der Waals surface area contributed by atoms with Crippen LogP contribution < -0.4 is 0 Å². The first-order chi connectivity index (χ1) is 10.1. The van der Waals surface area contributed by atoms with E-state index in [9.17, 15) is 0 Å². The lowest BCUT2D eigenvalue weighted by atomic mass is 10.1. The van der Waals surface area contributed by atoms with Gasteiger partial charge in [0, 0.05) is 15.8 Å². The lowest BCUT2D eigenvalue weighted by Gasteiger charge is -1.96. The third kappa shape index (κ3) is 10.1. The van der Waals surface area contributed by atoms with Crippen molar-refractivity contribution in [2.45, 2.75) is 17.7 Å². The zero-order valence-corrected chi connectivity index (χ0v) is 14.4. The second-order valence-corrected chi connectivity index (χ2v) is 5.57. The number of hydrogen-bond acceptors (Lipinski definition) is 2. The highest BCUT2D eigenvalue weighted by Gasteiger charge is 2.36. The van der Waals surface area contributed by atoms with Gasteiger partial charge < -0.3 is 4.74 Å². The van der Waals surface area contributed by atoms with Crippen LogP contribution >= 0.6 is 27.5 Å². The predicted octanol–water partition coefficient (Wildman–Crippen LogP) is 5.25. The van der Waals surface area contributed by atoms with Gasteiger partial charge in [-0.05, 0) is 24.1 Å². The van der Waals surface area contributed by atoms with E-state index in [1.165, 1.54) is 12.7 Å². The molecular weight excluding hydrogens is 352 g/mol. The summed E-state index contributed by atoms with van der Waals surface area (Å²) >= 11 is 9.31. The van der Waals surface area contributed by atoms with E-state index < -0.39 is 0 Å². The number of hydrogen-bond donors (Lipinski definition) is 0. The van der Waals surface area contributed by atoms with Gasteiger partial charge in [0.15, 0.2) is 0 Å². The molecule has 0 radical (unpaired) electrons. The molecule has 2 unspecified atom stereocenters. The van der Waals surface area contributed by atoms with Crippen LogP contribution in [0.4, 0.5) is 0 Å². The summed E-state index contributed by atoms with van der Waals surface area (Å²) in [5.74, 6) is 0.616. The third-order valence-electron chi connectivity index (χ3n) is 2.49. The average Bonchev–Trinajstić information content (AvgIpc) is 3.23. The molecule has 2 nitrogen and oxygen atoms in total. The van der Waals surface area contributed by atoms with Gasteiger partial charge in [0.2, 0.25) is 0 Å². The molecule has 21 heavy (non-hydrogen) atoms. The smallest absolute Gasteiger partial charge is 0.292 e. The van der Waals surface area contributed by atoms with Crippen molar-refractivity contribution in [3.05, 3.63) is 71.8 Å². The van der Waals surface area contributed by atoms with Crippen LogP contribution in [0.2, 0.25) is 0 Å². The highest BCUT2D eigenvalue weighted by Crippen LogP contribution is 2.45. The molecule has 0 bridgehead atoms. The molecule has 0 spiro atoms. The molecule has 0 saturated heterocycles. The summed E-state index contributed by atoms with van der Waals surface area (Å²) in [6, 6.07) is 8.41. The number of rotatable bonds is 4. The van der Waals surface area contributed by atoms with Gasteiger partial charge in [-0.1, -0.05) is 65.5 Å². The van der Waals surface area contributed by atoms with Crippen LogP contribution in [0.25, 0.3) is 0 Å². The van der Waals surface area contributed by atoms with Gasteiger partial charge in [-0.2, -0.15) is 0 Å². The van der Waals surface area contributed by atoms with Crippen LogP contribution in [0.1, 0.15) is 17.9 Å². The molecule has 1 aromatic carbocycles. The zero-order valence-electron chi connectivity index (χ0n) is 12.0. The van der Waals surface area contributed by atoms with Crippen molar-refractivity contribution in [2.75, 3.05) is 7.11 Å². The summed E-state index contributed by atoms with van der Waals surface area (Å²) in [5.41, 5.74) is 1.37. The molecule has 2 rings (SSSR count). The monoisotopic (exact) mass is 370 g/mol. The second-order valence-electron chi connectivity index (χ2n) is 4.10. The molecule has 1 saturated carbocycles. The zero-order chi connectivity index (χ0) is 16.1. The van der Waals surface area contributed by atoms with Gasteiger partial charge in [0.05, 0.1) is 7.11 Å². The minimum Gasteiger partial charge on any atom is -0.471 e. The quantitative estimate of drug-likeness (QED) is 0.410. The number of ether oxygens (including phenoxy) is 1. The molecule has 0 N–H and O–H groups in total. The Bertz CT molecular complexity index is 444. The van der Waals surface area contributed by atoms with Crippen LogP contribution in [0, 0.1) is 0 Å². The van der Waals surface area contributed by atoms with Crippen LogP contribution in [0.5, 0.6) is 0 Å². The Morgan fingerprint density at radius 1 is 1.24 bits per heavy atom. The van der Waals surface area contributed by atoms with E-state index in [0.29, 0.717) is 17.8 Å². The standard InChI is InChI=1S/C9H8BrCl.C6H8.C2H4O2/c10-7-3-1-6(2-4-7)8-5-9(8)11;1-3-5-6-4-2;1-4-2-3/h1-4,8-9H,5H2;3-6H,1-2H2;2H,1H3/b;6-5-;. The fraction of sp³-hybridized carbons (Fsp3) is 0.235. The topological polar surface area (TPSA) is 26.3 Å². The predicted molar refractivity (Wildman–Crippen MR) is 93.7 cm³/mol. The van der Waals surface area contributed by atoms with Crippen LogP contribution in [-0.2, 0) is 9.53 Å². The third-order valence-corrected chi connectivity index (χ3v) is 3.50. The van der Waals surface area contributed by atoms with E-state index in [-0.39, 0.29) is 0 Å². The maximum atomic E-state index is 8.95. The molecular formula is C17H20BrClO2. The molecule has 4 heteroatoms. The van der Waals surface area contributed by atoms with Gasteiger partial charge >= 0.3 is 0 Å². The molecule has 1 fully saturated rings. The molecule has 1 aliphatic carbocycles. The van der Waals surface area contributed by atoms with Crippen molar-refractivity contribution >= 4 is 34.0 Å². The minimum atomic E-state index is 0.375. The van der Waals surface area contributed by atoms with Gasteiger partial charge in [0.25, 0.3) is 6.47 Å². The number of carbonyl (C=O) groups excluding carboxylic acids is 1. The summed E-state index contributed by atoms with van der Waals surface area (Å²) < 4.78 is 4.99. The molecule has 0 amide bonds. The molecule has 0 aromatic heterocycles. The highest BCUT2D eigenvalue weighted by molar-refractivity contribution is 9.10. The van der Waals surface area contributed by atoms with Gasteiger partial charge in [-0.3, -0.25) is 4.79 Å². The van der Waals surface area contributed by atoms with E-state index in [2.05, 4.69) is 58.1 Å².